The largest absolute Gasteiger partial charge is 0.297 e. The van der Waals surface area contributed by atoms with Gasteiger partial charge >= 0.3 is 0 Å². The Morgan fingerprint density at radius 3 is 2.43 bits per heavy atom. The summed E-state index contributed by atoms with van der Waals surface area (Å²) in [6.07, 6.45) is 0. The van der Waals surface area contributed by atoms with Crippen molar-refractivity contribution >= 4 is 0 Å². The first-order valence-electron chi connectivity index (χ1n) is 5.14. The predicted octanol–water partition coefficient (Wildman–Crippen LogP) is 1.09. The highest BCUT2D eigenvalue weighted by molar-refractivity contribution is 4.95. The fraction of sp³-hybridized carbons (Fsp3) is 0.727. The van der Waals surface area contributed by atoms with Crippen LogP contribution in [0.4, 0.5) is 0 Å². The van der Waals surface area contributed by atoms with E-state index < -0.39 is 0 Å². The standard InChI is InChI=1S/C11H19N3/c1-10(2)9-13-4-6-14(7-5-13)11(3)8-12/h11H,1,4-7,9H2,2-3H3. The van der Waals surface area contributed by atoms with Crippen LogP contribution in [-0.4, -0.2) is 48.6 Å². The van der Waals surface area contributed by atoms with Crippen molar-refractivity contribution in [1.29, 1.82) is 5.26 Å². The highest BCUT2D eigenvalue weighted by Gasteiger charge is 2.20. The third-order valence-corrected chi connectivity index (χ3v) is 2.63. The molecule has 14 heavy (non-hydrogen) atoms. The maximum absolute atomic E-state index is 8.78. The summed E-state index contributed by atoms with van der Waals surface area (Å²) in [5.74, 6) is 0. The van der Waals surface area contributed by atoms with Gasteiger partial charge in [0.2, 0.25) is 0 Å². The van der Waals surface area contributed by atoms with Gasteiger partial charge in [0, 0.05) is 32.7 Å². The Hall–Kier alpha value is -0.850. The highest BCUT2D eigenvalue weighted by atomic mass is 15.3. The van der Waals surface area contributed by atoms with Crippen LogP contribution in [0.25, 0.3) is 0 Å². The number of hydrogen-bond acceptors (Lipinski definition) is 3. The van der Waals surface area contributed by atoms with Gasteiger partial charge in [0.1, 0.15) is 0 Å². The van der Waals surface area contributed by atoms with Gasteiger partial charge < -0.3 is 0 Å². The van der Waals surface area contributed by atoms with E-state index in [1.807, 2.05) is 6.92 Å². The van der Waals surface area contributed by atoms with Crippen molar-refractivity contribution in [3.63, 3.8) is 0 Å². The van der Waals surface area contributed by atoms with E-state index in [4.69, 9.17) is 5.26 Å². The second kappa shape index (κ2) is 5.14. The molecule has 1 fully saturated rings. The van der Waals surface area contributed by atoms with Gasteiger partial charge in [-0.25, -0.2) is 0 Å². The van der Waals surface area contributed by atoms with Crippen molar-refractivity contribution in [3.05, 3.63) is 12.2 Å². The van der Waals surface area contributed by atoms with Crippen LogP contribution >= 0.6 is 0 Å². The fourth-order valence-corrected chi connectivity index (χ4v) is 1.77. The van der Waals surface area contributed by atoms with Crippen molar-refractivity contribution in [2.24, 2.45) is 0 Å². The number of nitriles is 1. The molecule has 0 bridgehead atoms. The number of piperazine rings is 1. The van der Waals surface area contributed by atoms with E-state index in [1.54, 1.807) is 0 Å². The number of nitrogens with zero attached hydrogens (tertiary/aromatic N) is 3. The molecule has 0 aliphatic carbocycles. The zero-order valence-electron chi connectivity index (χ0n) is 9.16. The molecule has 1 rings (SSSR count). The third kappa shape index (κ3) is 3.13. The van der Waals surface area contributed by atoms with Crippen LogP contribution in [0, 0.1) is 11.3 Å². The van der Waals surface area contributed by atoms with E-state index >= 15 is 0 Å². The normalized spacial score (nSPS) is 21.5. The molecular weight excluding hydrogens is 174 g/mol. The first-order valence-corrected chi connectivity index (χ1v) is 5.14. The van der Waals surface area contributed by atoms with Crippen LogP contribution in [0.1, 0.15) is 13.8 Å². The molecule has 0 spiro atoms. The maximum Gasteiger partial charge on any atom is 0.0950 e. The van der Waals surface area contributed by atoms with Gasteiger partial charge in [-0.15, -0.1) is 0 Å². The first kappa shape index (κ1) is 11.2. The molecule has 1 aliphatic rings. The lowest BCUT2D eigenvalue weighted by Gasteiger charge is -2.35. The minimum atomic E-state index is 0.0574. The molecular formula is C11H19N3. The van der Waals surface area contributed by atoms with Crippen molar-refractivity contribution < 1.29 is 0 Å². The van der Waals surface area contributed by atoms with E-state index in [-0.39, 0.29) is 6.04 Å². The quantitative estimate of drug-likeness (QED) is 0.629. The molecule has 1 atom stereocenters. The summed E-state index contributed by atoms with van der Waals surface area (Å²) in [6.45, 7) is 13.0. The van der Waals surface area contributed by atoms with Gasteiger partial charge in [-0.2, -0.15) is 5.26 Å². The summed E-state index contributed by atoms with van der Waals surface area (Å²) >= 11 is 0. The van der Waals surface area contributed by atoms with Gasteiger partial charge in [-0.3, -0.25) is 9.80 Å². The van der Waals surface area contributed by atoms with Gasteiger partial charge in [0.05, 0.1) is 12.1 Å². The fourth-order valence-electron chi connectivity index (χ4n) is 1.77. The van der Waals surface area contributed by atoms with Crippen molar-refractivity contribution in [1.82, 2.24) is 9.80 Å². The Morgan fingerprint density at radius 1 is 1.43 bits per heavy atom. The van der Waals surface area contributed by atoms with Gasteiger partial charge in [-0.05, 0) is 13.8 Å². The average molecular weight is 193 g/mol. The lowest BCUT2D eigenvalue weighted by molar-refractivity contribution is 0.126. The number of hydrogen-bond donors (Lipinski definition) is 0. The first-order chi connectivity index (χ1) is 6.63. The lowest BCUT2D eigenvalue weighted by atomic mass is 10.2. The molecule has 0 aromatic carbocycles. The molecule has 1 unspecified atom stereocenters. The Morgan fingerprint density at radius 2 is 2.00 bits per heavy atom. The van der Waals surface area contributed by atoms with E-state index in [0.29, 0.717) is 0 Å². The van der Waals surface area contributed by atoms with E-state index in [9.17, 15) is 0 Å². The van der Waals surface area contributed by atoms with E-state index in [2.05, 4.69) is 29.4 Å². The van der Waals surface area contributed by atoms with Gasteiger partial charge in [0.25, 0.3) is 0 Å². The molecule has 1 heterocycles. The molecule has 78 valence electrons. The van der Waals surface area contributed by atoms with Crippen LogP contribution in [0.5, 0.6) is 0 Å². The maximum atomic E-state index is 8.78. The molecule has 0 saturated carbocycles. The molecule has 0 aromatic rings. The summed E-state index contributed by atoms with van der Waals surface area (Å²) in [6, 6.07) is 2.34. The van der Waals surface area contributed by atoms with Crippen LogP contribution < -0.4 is 0 Å². The van der Waals surface area contributed by atoms with Crippen molar-refractivity contribution in [2.45, 2.75) is 19.9 Å². The summed E-state index contributed by atoms with van der Waals surface area (Å²) < 4.78 is 0. The van der Waals surface area contributed by atoms with Crippen molar-refractivity contribution in [2.75, 3.05) is 32.7 Å². The van der Waals surface area contributed by atoms with Crippen LogP contribution in [0.3, 0.4) is 0 Å². The number of rotatable bonds is 3. The van der Waals surface area contributed by atoms with Crippen LogP contribution in [-0.2, 0) is 0 Å². The van der Waals surface area contributed by atoms with Crippen LogP contribution in [0.15, 0.2) is 12.2 Å². The van der Waals surface area contributed by atoms with Gasteiger partial charge in [0.15, 0.2) is 0 Å². The highest BCUT2D eigenvalue weighted by Crippen LogP contribution is 2.06. The Kier molecular flexibility index (Phi) is 4.12. The summed E-state index contributed by atoms with van der Waals surface area (Å²) in [5.41, 5.74) is 1.21. The molecule has 0 aromatic heterocycles. The Balaban J connectivity index is 2.32. The average Bonchev–Trinajstić information content (AvgIpc) is 2.17. The summed E-state index contributed by atoms with van der Waals surface area (Å²) in [5, 5.41) is 8.78. The molecule has 0 radical (unpaired) electrons. The molecule has 3 heteroatoms. The SMILES string of the molecule is C=C(C)CN1CCN(C(C)C#N)CC1. The summed E-state index contributed by atoms with van der Waals surface area (Å²) in [7, 11) is 0. The second-order valence-corrected chi connectivity index (χ2v) is 4.07. The zero-order valence-corrected chi connectivity index (χ0v) is 9.16. The zero-order chi connectivity index (χ0) is 10.6. The van der Waals surface area contributed by atoms with Crippen molar-refractivity contribution in [3.8, 4) is 6.07 Å². The molecule has 0 N–H and O–H groups in total. The minimum Gasteiger partial charge on any atom is -0.297 e. The monoisotopic (exact) mass is 193 g/mol. The van der Waals surface area contributed by atoms with Gasteiger partial charge in [-0.1, -0.05) is 12.2 Å². The molecule has 0 amide bonds. The Labute approximate surface area is 86.6 Å². The molecule has 1 saturated heterocycles. The minimum absolute atomic E-state index is 0.0574. The summed E-state index contributed by atoms with van der Waals surface area (Å²) in [4.78, 5) is 4.62. The smallest absolute Gasteiger partial charge is 0.0950 e. The van der Waals surface area contributed by atoms with Crippen LogP contribution in [0.2, 0.25) is 0 Å². The van der Waals surface area contributed by atoms with E-state index in [1.165, 1.54) is 5.57 Å². The second-order valence-electron chi connectivity index (χ2n) is 4.07. The Bertz CT molecular complexity index is 233. The third-order valence-electron chi connectivity index (χ3n) is 2.63. The predicted molar refractivity (Wildman–Crippen MR) is 57.9 cm³/mol. The lowest BCUT2D eigenvalue weighted by Crippen LogP contribution is -2.49. The van der Waals surface area contributed by atoms with E-state index in [0.717, 1.165) is 32.7 Å². The molecule has 1 aliphatic heterocycles. The molecule has 3 nitrogen and oxygen atoms in total. The topological polar surface area (TPSA) is 30.3 Å².